The van der Waals surface area contributed by atoms with E-state index in [4.69, 9.17) is 10.5 Å². The van der Waals surface area contributed by atoms with Gasteiger partial charge in [-0.2, -0.15) is 0 Å². The Kier molecular flexibility index (Phi) is 3.08. The van der Waals surface area contributed by atoms with Gasteiger partial charge in [-0.05, 0) is 35.7 Å². The summed E-state index contributed by atoms with van der Waals surface area (Å²) in [7, 11) is 1.42. The lowest BCUT2D eigenvalue weighted by atomic mass is 9.88. The Balaban J connectivity index is 2.67. The fourth-order valence-corrected chi connectivity index (χ4v) is 2.73. The third-order valence-corrected chi connectivity index (χ3v) is 4.09. The van der Waals surface area contributed by atoms with Crippen LogP contribution in [-0.2, 0) is 5.41 Å². The molecular formula is C12H15BrFNO2. The highest BCUT2D eigenvalue weighted by Crippen LogP contribution is 2.56. The zero-order valence-corrected chi connectivity index (χ0v) is 11.3. The van der Waals surface area contributed by atoms with Crippen LogP contribution < -0.4 is 10.5 Å². The van der Waals surface area contributed by atoms with Crippen molar-refractivity contribution in [2.24, 2.45) is 5.73 Å². The summed E-state index contributed by atoms with van der Waals surface area (Å²) in [6, 6.07) is 1.12. The number of ether oxygens (including phenoxy) is 1. The summed E-state index contributed by atoms with van der Waals surface area (Å²) in [5, 5.41) is 9.81. The van der Waals surface area contributed by atoms with E-state index < -0.39 is 11.2 Å². The van der Waals surface area contributed by atoms with E-state index in [0.29, 0.717) is 5.56 Å². The number of phenols is 1. The minimum Gasteiger partial charge on any atom is -0.504 e. The first-order valence-electron chi connectivity index (χ1n) is 5.45. The first kappa shape index (κ1) is 12.6. The molecule has 0 heterocycles. The van der Waals surface area contributed by atoms with Gasteiger partial charge in [0.05, 0.1) is 11.6 Å². The van der Waals surface area contributed by atoms with Crippen molar-refractivity contribution in [1.82, 2.24) is 0 Å². The quantitative estimate of drug-likeness (QED) is 0.902. The minimum atomic E-state index is -0.406. The van der Waals surface area contributed by atoms with Crippen molar-refractivity contribution in [1.29, 1.82) is 0 Å². The van der Waals surface area contributed by atoms with Crippen molar-refractivity contribution in [2.45, 2.75) is 31.2 Å². The van der Waals surface area contributed by atoms with Crippen molar-refractivity contribution in [2.75, 3.05) is 7.11 Å². The van der Waals surface area contributed by atoms with Gasteiger partial charge in [0, 0.05) is 23.1 Å². The highest BCUT2D eigenvalue weighted by atomic mass is 79.9. The molecule has 0 saturated heterocycles. The molecule has 94 valence electrons. The van der Waals surface area contributed by atoms with E-state index in [-0.39, 0.29) is 22.0 Å². The van der Waals surface area contributed by atoms with Crippen molar-refractivity contribution in [3.8, 4) is 11.5 Å². The van der Waals surface area contributed by atoms with Crippen LogP contribution in [0.2, 0.25) is 0 Å². The molecule has 5 heteroatoms. The lowest BCUT2D eigenvalue weighted by Gasteiger charge is -2.24. The summed E-state index contributed by atoms with van der Waals surface area (Å²) < 4.78 is 19.6. The molecule has 0 amide bonds. The van der Waals surface area contributed by atoms with Crippen molar-refractivity contribution in [3.63, 3.8) is 0 Å². The molecule has 1 aliphatic rings. The van der Waals surface area contributed by atoms with Crippen molar-refractivity contribution < 1.29 is 14.2 Å². The number of hydrogen-bond acceptors (Lipinski definition) is 3. The standard InChI is InChI=1S/C12H15BrFNO2/c1-6(15)12(3-4-12)9-10(14)7(13)5-8(16)11(9)17-2/h5-6,16H,3-4,15H2,1-2H3. The van der Waals surface area contributed by atoms with Crippen LogP contribution >= 0.6 is 15.9 Å². The lowest BCUT2D eigenvalue weighted by Crippen LogP contribution is -2.32. The maximum atomic E-state index is 14.2. The number of halogens is 2. The summed E-state index contributed by atoms with van der Waals surface area (Å²) >= 11 is 3.10. The Morgan fingerprint density at radius 2 is 2.18 bits per heavy atom. The fraction of sp³-hybridized carbons (Fsp3) is 0.500. The lowest BCUT2D eigenvalue weighted by molar-refractivity contribution is 0.354. The van der Waals surface area contributed by atoms with Crippen molar-refractivity contribution >= 4 is 15.9 Å². The third-order valence-electron chi connectivity index (χ3n) is 3.51. The first-order chi connectivity index (χ1) is 7.94. The molecule has 17 heavy (non-hydrogen) atoms. The Hall–Kier alpha value is -0.810. The second-order valence-electron chi connectivity index (χ2n) is 4.54. The molecule has 0 aromatic heterocycles. The third kappa shape index (κ3) is 1.81. The molecule has 0 radical (unpaired) electrons. The molecule has 2 rings (SSSR count). The largest absolute Gasteiger partial charge is 0.504 e. The average Bonchev–Trinajstić information content (AvgIpc) is 3.04. The van der Waals surface area contributed by atoms with Crippen LogP contribution in [0.1, 0.15) is 25.3 Å². The topological polar surface area (TPSA) is 55.5 Å². The van der Waals surface area contributed by atoms with Gasteiger partial charge in [0.2, 0.25) is 0 Å². The highest BCUT2D eigenvalue weighted by molar-refractivity contribution is 9.10. The Labute approximate surface area is 108 Å². The Morgan fingerprint density at radius 1 is 1.59 bits per heavy atom. The van der Waals surface area contributed by atoms with E-state index >= 15 is 0 Å². The van der Waals surface area contributed by atoms with Crippen molar-refractivity contribution in [3.05, 3.63) is 21.9 Å². The monoisotopic (exact) mass is 303 g/mol. The number of phenolic OH excluding ortho intramolecular Hbond substituents is 1. The molecule has 3 N–H and O–H groups in total. The van der Waals surface area contributed by atoms with Gasteiger partial charge < -0.3 is 15.6 Å². The second kappa shape index (κ2) is 4.14. The number of benzene rings is 1. The van der Waals surface area contributed by atoms with Gasteiger partial charge in [0.15, 0.2) is 11.5 Å². The fourth-order valence-electron chi connectivity index (χ4n) is 2.32. The van der Waals surface area contributed by atoms with E-state index in [1.54, 1.807) is 0 Å². The van der Waals surface area contributed by atoms with Gasteiger partial charge in [-0.25, -0.2) is 4.39 Å². The number of hydrogen-bond donors (Lipinski definition) is 2. The van der Waals surface area contributed by atoms with E-state index in [1.807, 2.05) is 6.92 Å². The smallest absolute Gasteiger partial charge is 0.167 e. The van der Waals surface area contributed by atoms with E-state index in [9.17, 15) is 9.50 Å². The summed E-state index contributed by atoms with van der Waals surface area (Å²) in [5.74, 6) is -0.266. The summed E-state index contributed by atoms with van der Waals surface area (Å²) in [6.07, 6.45) is 1.63. The van der Waals surface area contributed by atoms with Gasteiger partial charge in [-0.1, -0.05) is 0 Å². The average molecular weight is 304 g/mol. The van der Waals surface area contributed by atoms with Crippen LogP contribution in [0.5, 0.6) is 11.5 Å². The number of methoxy groups -OCH3 is 1. The van der Waals surface area contributed by atoms with Crippen LogP contribution in [-0.4, -0.2) is 18.3 Å². The Bertz CT molecular complexity index is 458. The molecule has 3 nitrogen and oxygen atoms in total. The molecule has 1 aromatic carbocycles. The molecule has 1 aliphatic carbocycles. The maximum absolute atomic E-state index is 14.2. The number of nitrogens with two attached hydrogens (primary N) is 1. The highest BCUT2D eigenvalue weighted by Gasteiger charge is 2.51. The zero-order chi connectivity index (χ0) is 12.8. The number of aromatic hydroxyl groups is 1. The Morgan fingerprint density at radius 3 is 2.59 bits per heavy atom. The maximum Gasteiger partial charge on any atom is 0.167 e. The van der Waals surface area contributed by atoms with Gasteiger partial charge >= 0.3 is 0 Å². The molecule has 0 spiro atoms. The van der Waals surface area contributed by atoms with Gasteiger partial charge in [-0.15, -0.1) is 0 Å². The summed E-state index contributed by atoms with van der Waals surface area (Å²) in [5.41, 5.74) is 5.92. The molecule has 0 bridgehead atoms. The molecule has 1 fully saturated rings. The summed E-state index contributed by atoms with van der Waals surface area (Å²) in [6.45, 7) is 1.85. The van der Waals surface area contributed by atoms with Crippen LogP contribution in [0, 0.1) is 5.82 Å². The first-order valence-corrected chi connectivity index (χ1v) is 6.24. The molecule has 1 unspecified atom stereocenters. The SMILES string of the molecule is COc1c(O)cc(Br)c(F)c1C1(C(C)N)CC1. The van der Waals surface area contributed by atoms with E-state index in [1.165, 1.54) is 13.2 Å². The predicted molar refractivity (Wildman–Crippen MR) is 66.9 cm³/mol. The van der Waals surface area contributed by atoms with Gasteiger partial charge in [0.25, 0.3) is 0 Å². The van der Waals surface area contributed by atoms with Gasteiger partial charge in [0.1, 0.15) is 5.82 Å². The number of rotatable bonds is 3. The van der Waals surface area contributed by atoms with Crippen LogP contribution in [0.25, 0.3) is 0 Å². The van der Waals surface area contributed by atoms with Crippen LogP contribution in [0.3, 0.4) is 0 Å². The molecule has 1 atom stereocenters. The molecule has 1 saturated carbocycles. The predicted octanol–water partition coefficient (Wildman–Crippen LogP) is 2.68. The molecule has 1 aromatic rings. The van der Waals surface area contributed by atoms with E-state index in [0.717, 1.165) is 12.8 Å². The molecule has 0 aliphatic heterocycles. The van der Waals surface area contributed by atoms with Crippen LogP contribution in [0.4, 0.5) is 4.39 Å². The molecular weight excluding hydrogens is 289 g/mol. The minimum absolute atomic E-state index is 0.0669. The zero-order valence-electron chi connectivity index (χ0n) is 9.76. The van der Waals surface area contributed by atoms with Gasteiger partial charge in [-0.3, -0.25) is 0 Å². The van der Waals surface area contributed by atoms with Crippen LogP contribution in [0.15, 0.2) is 10.5 Å². The van der Waals surface area contributed by atoms with E-state index in [2.05, 4.69) is 15.9 Å². The normalized spacial score (nSPS) is 18.9. The second-order valence-corrected chi connectivity index (χ2v) is 5.40. The summed E-state index contributed by atoms with van der Waals surface area (Å²) in [4.78, 5) is 0.